The summed E-state index contributed by atoms with van der Waals surface area (Å²) in [6.45, 7) is 2.85. The van der Waals surface area contributed by atoms with E-state index in [0.717, 1.165) is 18.5 Å². The standard InChI is InChI=1S/C19H20ClN7O.ClH/c20-12-1-4-15-14(9-12)17(24-16-10-27(11-22-16)13-2-3-13)25-18(23-15)19(28)26-7-5-21-6-8-26;/h1,4,9-11,13,21H,2-3,5-8H2,(H,23,24,25);1H. The maximum atomic E-state index is 12.9. The van der Waals surface area contributed by atoms with E-state index in [1.165, 1.54) is 12.8 Å². The monoisotopic (exact) mass is 433 g/mol. The van der Waals surface area contributed by atoms with Crippen LogP contribution in [0, 0.1) is 0 Å². The molecule has 0 unspecified atom stereocenters. The van der Waals surface area contributed by atoms with Gasteiger partial charge in [-0.25, -0.2) is 15.0 Å². The molecule has 152 valence electrons. The van der Waals surface area contributed by atoms with Crippen LogP contribution in [0.5, 0.6) is 0 Å². The Bertz CT molecular complexity index is 1040. The summed E-state index contributed by atoms with van der Waals surface area (Å²) in [5, 5.41) is 7.84. The number of carbonyl (C=O) groups is 1. The lowest BCUT2D eigenvalue weighted by atomic mass is 10.2. The van der Waals surface area contributed by atoms with Crippen molar-refractivity contribution in [3.8, 4) is 0 Å². The summed E-state index contributed by atoms with van der Waals surface area (Å²) in [6, 6.07) is 5.92. The number of nitrogens with zero attached hydrogens (tertiary/aromatic N) is 5. The quantitative estimate of drug-likeness (QED) is 0.657. The van der Waals surface area contributed by atoms with Crippen molar-refractivity contribution in [2.45, 2.75) is 18.9 Å². The molecular weight excluding hydrogens is 413 g/mol. The van der Waals surface area contributed by atoms with E-state index >= 15 is 0 Å². The first-order chi connectivity index (χ1) is 13.7. The molecule has 1 saturated heterocycles. The highest BCUT2D eigenvalue weighted by Gasteiger charge is 2.24. The molecule has 2 N–H and O–H groups in total. The third kappa shape index (κ3) is 4.14. The molecule has 2 fully saturated rings. The van der Waals surface area contributed by atoms with E-state index in [4.69, 9.17) is 11.6 Å². The smallest absolute Gasteiger partial charge is 0.291 e. The van der Waals surface area contributed by atoms with Gasteiger partial charge in [0.2, 0.25) is 5.82 Å². The van der Waals surface area contributed by atoms with Crippen molar-refractivity contribution >= 4 is 52.5 Å². The Morgan fingerprint density at radius 3 is 2.76 bits per heavy atom. The summed E-state index contributed by atoms with van der Waals surface area (Å²) >= 11 is 6.19. The lowest BCUT2D eigenvalue weighted by Crippen LogP contribution is -2.46. The molecule has 1 aliphatic heterocycles. The summed E-state index contributed by atoms with van der Waals surface area (Å²) in [5.74, 6) is 1.24. The molecule has 1 aromatic carbocycles. The first-order valence-electron chi connectivity index (χ1n) is 9.45. The SMILES string of the molecule is Cl.O=C(c1nc(Nc2cn(C3CC3)cn2)c2cc(Cl)ccc2n1)N1CCNCC1. The van der Waals surface area contributed by atoms with Gasteiger partial charge in [0.25, 0.3) is 5.91 Å². The number of hydrogen-bond acceptors (Lipinski definition) is 6. The summed E-state index contributed by atoms with van der Waals surface area (Å²) in [5.41, 5.74) is 0.669. The number of aromatic nitrogens is 4. The Hall–Kier alpha value is -2.42. The molecule has 0 atom stereocenters. The average molecular weight is 434 g/mol. The number of benzene rings is 1. The highest BCUT2D eigenvalue weighted by Crippen LogP contribution is 2.35. The number of imidazole rings is 1. The number of fused-ring (bicyclic) bond motifs is 1. The van der Waals surface area contributed by atoms with Crippen LogP contribution in [-0.4, -0.2) is 56.5 Å². The normalized spacial score (nSPS) is 16.5. The molecule has 0 bridgehead atoms. The number of hydrogen-bond donors (Lipinski definition) is 2. The van der Waals surface area contributed by atoms with Crippen molar-refractivity contribution in [3.63, 3.8) is 0 Å². The topological polar surface area (TPSA) is 88.0 Å². The van der Waals surface area contributed by atoms with Gasteiger partial charge in [-0.2, -0.15) is 0 Å². The average Bonchev–Trinajstić information content (AvgIpc) is 3.47. The van der Waals surface area contributed by atoms with E-state index in [1.54, 1.807) is 17.0 Å². The van der Waals surface area contributed by atoms with E-state index in [-0.39, 0.29) is 24.1 Å². The third-order valence-corrected chi connectivity index (χ3v) is 5.30. The summed E-state index contributed by atoms with van der Waals surface area (Å²) in [7, 11) is 0. The molecule has 1 saturated carbocycles. The second-order valence-electron chi connectivity index (χ2n) is 7.16. The first kappa shape index (κ1) is 19.9. The van der Waals surface area contributed by atoms with Gasteiger partial charge in [-0.1, -0.05) is 11.6 Å². The van der Waals surface area contributed by atoms with Gasteiger partial charge in [-0.05, 0) is 31.0 Å². The fourth-order valence-corrected chi connectivity index (χ4v) is 3.57. The van der Waals surface area contributed by atoms with Gasteiger partial charge in [-0.3, -0.25) is 4.79 Å². The predicted molar refractivity (Wildman–Crippen MR) is 114 cm³/mol. The van der Waals surface area contributed by atoms with E-state index in [2.05, 4.69) is 30.2 Å². The van der Waals surface area contributed by atoms with Gasteiger partial charge in [0.1, 0.15) is 11.6 Å². The molecule has 10 heteroatoms. The number of halogens is 2. The number of rotatable bonds is 4. The number of carbonyl (C=O) groups excluding carboxylic acids is 1. The number of amides is 1. The summed E-state index contributed by atoms with van der Waals surface area (Å²) in [4.78, 5) is 28.1. The molecule has 3 heterocycles. The summed E-state index contributed by atoms with van der Waals surface area (Å²) < 4.78 is 2.10. The number of anilines is 2. The van der Waals surface area contributed by atoms with E-state index in [0.29, 0.717) is 41.3 Å². The maximum Gasteiger partial charge on any atom is 0.291 e. The zero-order chi connectivity index (χ0) is 19.1. The van der Waals surface area contributed by atoms with Crippen LogP contribution in [0.3, 0.4) is 0 Å². The fourth-order valence-electron chi connectivity index (χ4n) is 3.40. The highest BCUT2D eigenvalue weighted by atomic mass is 35.5. The second-order valence-corrected chi connectivity index (χ2v) is 7.60. The molecule has 0 spiro atoms. The molecule has 2 aliphatic rings. The van der Waals surface area contributed by atoms with Crippen molar-refractivity contribution in [3.05, 3.63) is 41.6 Å². The molecule has 1 amide bonds. The lowest BCUT2D eigenvalue weighted by Gasteiger charge is -2.26. The largest absolute Gasteiger partial charge is 0.333 e. The van der Waals surface area contributed by atoms with E-state index < -0.39 is 0 Å². The minimum atomic E-state index is -0.162. The van der Waals surface area contributed by atoms with Crippen LogP contribution in [-0.2, 0) is 0 Å². The third-order valence-electron chi connectivity index (χ3n) is 5.07. The van der Waals surface area contributed by atoms with Crippen LogP contribution < -0.4 is 10.6 Å². The summed E-state index contributed by atoms with van der Waals surface area (Å²) in [6.07, 6.45) is 6.16. The fraction of sp³-hybridized carbons (Fsp3) is 0.368. The zero-order valence-electron chi connectivity index (χ0n) is 15.6. The van der Waals surface area contributed by atoms with Crippen LogP contribution in [0.2, 0.25) is 5.02 Å². The Labute approximate surface area is 179 Å². The molecule has 1 aliphatic carbocycles. The van der Waals surface area contributed by atoms with Gasteiger partial charge >= 0.3 is 0 Å². The lowest BCUT2D eigenvalue weighted by molar-refractivity contribution is 0.0724. The number of piperazine rings is 1. The van der Waals surface area contributed by atoms with Crippen molar-refractivity contribution in [1.29, 1.82) is 0 Å². The van der Waals surface area contributed by atoms with Gasteiger partial charge < -0.3 is 20.1 Å². The van der Waals surface area contributed by atoms with Crippen molar-refractivity contribution in [2.75, 3.05) is 31.5 Å². The van der Waals surface area contributed by atoms with Crippen LogP contribution in [0.15, 0.2) is 30.7 Å². The molecule has 3 aromatic rings. The van der Waals surface area contributed by atoms with Crippen molar-refractivity contribution in [2.24, 2.45) is 0 Å². The number of nitrogens with one attached hydrogen (secondary N) is 2. The molecular formula is C19H21Cl2N7O. The molecule has 5 rings (SSSR count). The Morgan fingerprint density at radius 2 is 2.00 bits per heavy atom. The van der Waals surface area contributed by atoms with E-state index in [1.807, 2.05) is 18.6 Å². The van der Waals surface area contributed by atoms with Crippen molar-refractivity contribution < 1.29 is 4.79 Å². The van der Waals surface area contributed by atoms with Crippen molar-refractivity contribution in [1.82, 2.24) is 29.7 Å². The van der Waals surface area contributed by atoms with Crippen LogP contribution in [0.1, 0.15) is 29.5 Å². The van der Waals surface area contributed by atoms with E-state index in [9.17, 15) is 4.79 Å². The zero-order valence-corrected chi connectivity index (χ0v) is 17.2. The highest BCUT2D eigenvalue weighted by molar-refractivity contribution is 6.31. The predicted octanol–water partition coefficient (Wildman–Crippen LogP) is 3.03. The minimum Gasteiger partial charge on any atom is -0.333 e. The van der Waals surface area contributed by atoms with Crippen LogP contribution in [0.4, 0.5) is 11.6 Å². The molecule has 0 radical (unpaired) electrons. The minimum absolute atomic E-state index is 0. The van der Waals surface area contributed by atoms with Crippen LogP contribution in [0.25, 0.3) is 10.9 Å². The first-order valence-corrected chi connectivity index (χ1v) is 9.83. The maximum absolute atomic E-state index is 12.9. The van der Waals surface area contributed by atoms with Gasteiger partial charge in [-0.15, -0.1) is 12.4 Å². The Kier molecular flexibility index (Phi) is 5.58. The van der Waals surface area contributed by atoms with Gasteiger partial charge in [0.15, 0.2) is 0 Å². The molecule has 29 heavy (non-hydrogen) atoms. The van der Waals surface area contributed by atoms with Gasteiger partial charge in [0.05, 0.1) is 11.8 Å². The van der Waals surface area contributed by atoms with Crippen LogP contribution >= 0.6 is 24.0 Å². The Morgan fingerprint density at radius 1 is 1.21 bits per heavy atom. The van der Waals surface area contributed by atoms with Gasteiger partial charge in [0, 0.05) is 48.8 Å². The second kappa shape index (κ2) is 8.14. The Balaban J connectivity index is 0.00000205. The molecule has 2 aromatic heterocycles. The molecule has 8 nitrogen and oxygen atoms in total.